The number of thiazole rings is 1. The number of nitrogens with zero attached hydrogens (tertiary/aromatic N) is 2. The number of carbonyl (C=O) groups is 1. The number of benzene rings is 1. The van der Waals surface area contributed by atoms with Crippen molar-refractivity contribution in [3.63, 3.8) is 0 Å². The number of rotatable bonds is 5. The van der Waals surface area contributed by atoms with E-state index in [9.17, 15) is 4.79 Å². The van der Waals surface area contributed by atoms with Crippen LogP contribution in [0.5, 0.6) is 0 Å². The Balaban J connectivity index is 1.47. The molecule has 0 radical (unpaired) electrons. The van der Waals surface area contributed by atoms with Crippen molar-refractivity contribution in [1.29, 1.82) is 0 Å². The van der Waals surface area contributed by atoms with Crippen LogP contribution in [0.2, 0.25) is 0 Å². The first kappa shape index (κ1) is 16.4. The zero-order valence-corrected chi connectivity index (χ0v) is 15.2. The molecule has 3 rings (SSSR count). The molecule has 0 atom stereocenters. The van der Waals surface area contributed by atoms with Gasteiger partial charge in [0.25, 0.3) is 0 Å². The summed E-state index contributed by atoms with van der Waals surface area (Å²) >= 11 is 5.01. The van der Waals surface area contributed by atoms with E-state index < -0.39 is 0 Å². The van der Waals surface area contributed by atoms with Gasteiger partial charge in [0.2, 0.25) is 0 Å². The summed E-state index contributed by atoms with van der Waals surface area (Å²) in [6.45, 7) is 2.08. The number of carbonyl (C=O) groups excluding carboxylic acids is 1. The Kier molecular flexibility index (Phi) is 5.30. The highest BCUT2D eigenvalue weighted by molar-refractivity contribution is 9.10. The molecule has 5 nitrogen and oxygen atoms in total. The second kappa shape index (κ2) is 7.42. The Morgan fingerprint density at radius 2 is 2.26 bits per heavy atom. The predicted octanol–water partition coefficient (Wildman–Crippen LogP) is 3.76. The average molecular weight is 396 g/mol. The van der Waals surface area contributed by atoms with Crippen LogP contribution in [0.25, 0.3) is 0 Å². The summed E-state index contributed by atoms with van der Waals surface area (Å²) in [4.78, 5) is 19.2. The normalized spacial score (nSPS) is 14.6. The number of hydrogen-bond acceptors (Lipinski definition) is 4. The van der Waals surface area contributed by atoms with Crippen LogP contribution in [0.15, 0.2) is 34.9 Å². The van der Waals surface area contributed by atoms with Gasteiger partial charge in [-0.3, -0.25) is 5.32 Å². The minimum Gasteiger partial charge on any atom is -0.379 e. The maximum atomic E-state index is 12.2. The number of ether oxygens (including phenoxy) is 1. The van der Waals surface area contributed by atoms with Crippen molar-refractivity contribution in [2.45, 2.75) is 13.0 Å². The lowest BCUT2D eigenvalue weighted by Gasteiger charge is -2.39. The summed E-state index contributed by atoms with van der Waals surface area (Å²) < 4.78 is 6.19. The molecule has 1 aliphatic rings. The molecule has 0 unspecified atom stereocenters. The number of amides is 2. The summed E-state index contributed by atoms with van der Waals surface area (Å²) in [6, 6.07) is 8.16. The van der Waals surface area contributed by atoms with Gasteiger partial charge in [0.1, 0.15) is 0 Å². The minimum atomic E-state index is -0.0771. The molecule has 0 saturated carbocycles. The van der Waals surface area contributed by atoms with Gasteiger partial charge in [-0.25, -0.2) is 9.78 Å². The highest BCUT2D eigenvalue weighted by Gasteiger charge is 2.31. The van der Waals surface area contributed by atoms with Gasteiger partial charge < -0.3 is 9.64 Å². The Morgan fingerprint density at radius 1 is 1.48 bits per heavy atom. The van der Waals surface area contributed by atoms with Gasteiger partial charge in [0, 0.05) is 30.9 Å². The van der Waals surface area contributed by atoms with Crippen LogP contribution in [-0.2, 0) is 17.8 Å². The van der Waals surface area contributed by atoms with Crippen molar-refractivity contribution in [2.75, 3.05) is 25.5 Å². The van der Waals surface area contributed by atoms with Crippen molar-refractivity contribution >= 4 is 38.4 Å². The van der Waals surface area contributed by atoms with Gasteiger partial charge >= 0.3 is 6.03 Å². The van der Waals surface area contributed by atoms with E-state index in [-0.39, 0.29) is 6.03 Å². The third kappa shape index (κ3) is 4.10. The van der Waals surface area contributed by atoms with Crippen molar-refractivity contribution in [3.8, 4) is 0 Å². The standard InChI is InChI=1S/C16H18BrN3O2S/c1-22-10-13-7-18-15(23-13)19-16(21)20-8-11(9-20)6-12-4-2-3-5-14(12)17/h2-5,7,11H,6,8-10H2,1H3,(H,18,19,21). The number of urea groups is 1. The SMILES string of the molecule is COCc1cnc(NC(=O)N2CC(Cc3ccccc3Br)C2)s1. The lowest BCUT2D eigenvalue weighted by Crippen LogP contribution is -2.52. The lowest BCUT2D eigenvalue weighted by atomic mass is 9.92. The monoisotopic (exact) mass is 395 g/mol. The molecule has 1 saturated heterocycles. The van der Waals surface area contributed by atoms with Gasteiger partial charge in [-0.15, -0.1) is 0 Å². The van der Waals surface area contributed by atoms with Crippen LogP contribution in [-0.4, -0.2) is 36.1 Å². The van der Waals surface area contributed by atoms with Crippen molar-refractivity contribution in [3.05, 3.63) is 45.4 Å². The van der Waals surface area contributed by atoms with E-state index in [1.807, 2.05) is 17.0 Å². The molecule has 0 aliphatic carbocycles. The molecule has 7 heteroatoms. The number of methoxy groups -OCH3 is 1. The molecular formula is C16H18BrN3O2S. The highest BCUT2D eigenvalue weighted by Crippen LogP contribution is 2.26. The molecule has 1 aromatic carbocycles. The third-order valence-electron chi connectivity index (χ3n) is 3.76. The zero-order valence-electron chi connectivity index (χ0n) is 12.8. The molecule has 1 fully saturated rings. The summed E-state index contributed by atoms with van der Waals surface area (Å²) in [6.07, 6.45) is 2.72. The molecule has 0 bridgehead atoms. The Bertz CT molecular complexity index is 685. The zero-order chi connectivity index (χ0) is 16.2. The number of nitrogens with one attached hydrogen (secondary N) is 1. The number of likely N-dealkylation sites (tertiary alicyclic amines) is 1. The molecule has 23 heavy (non-hydrogen) atoms. The second-order valence-corrected chi connectivity index (χ2v) is 7.53. The number of hydrogen-bond donors (Lipinski definition) is 1. The predicted molar refractivity (Wildman–Crippen MR) is 94.8 cm³/mol. The van der Waals surface area contributed by atoms with E-state index in [4.69, 9.17) is 4.74 Å². The first-order valence-electron chi connectivity index (χ1n) is 7.38. The Hall–Kier alpha value is -1.44. The quantitative estimate of drug-likeness (QED) is 0.838. The molecule has 1 aliphatic heterocycles. The first-order chi connectivity index (χ1) is 11.2. The number of aromatic nitrogens is 1. The maximum absolute atomic E-state index is 12.2. The van der Waals surface area contributed by atoms with Gasteiger partial charge in [0.05, 0.1) is 11.5 Å². The third-order valence-corrected chi connectivity index (χ3v) is 5.42. The summed E-state index contributed by atoms with van der Waals surface area (Å²) in [5.41, 5.74) is 1.29. The Morgan fingerprint density at radius 3 is 3.00 bits per heavy atom. The van der Waals surface area contributed by atoms with Crippen LogP contribution >= 0.6 is 27.3 Å². The molecule has 1 N–H and O–H groups in total. The van der Waals surface area contributed by atoms with Crippen molar-refractivity contribution in [1.82, 2.24) is 9.88 Å². The van der Waals surface area contributed by atoms with E-state index in [0.29, 0.717) is 17.7 Å². The van der Waals surface area contributed by atoms with Crippen LogP contribution in [0.1, 0.15) is 10.4 Å². The van der Waals surface area contributed by atoms with E-state index in [1.165, 1.54) is 16.9 Å². The average Bonchev–Trinajstić information content (AvgIpc) is 2.91. The van der Waals surface area contributed by atoms with Gasteiger partial charge in [-0.1, -0.05) is 45.5 Å². The number of halogens is 1. The topological polar surface area (TPSA) is 54.5 Å². The molecule has 2 amide bonds. The van der Waals surface area contributed by atoms with Crippen LogP contribution in [0.3, 0.4) is 0 Å². The van der Waals surface area contributed by atoms with Crippen molar-refractivity contribution in [2.24, 2.45) is 5.92 Å². The Labute approximate surface area is 147 Å². The molecular weight excluding hydrogens is 378 g/mol. The maximum Gasteiger partial charge on any atom is 0.323 e. The highest BCUT2D eigenvalue weighted by atomic mass is 79.9. The van der Waals surface area contributed by atoms with E-state index in [1.54, 1.807) is 13.3 Å². The molecule has 122 valence electrons. The van der Waals surface area contributed by atoms with Crippen molar-refractivity contribution < 1.29 is 9.53 Å². The first-order valence-corrected chi connectivity index (χ1v) is 8.99. The molecule has 2 heterocycles. The van der Waals surface area contributed by atoms with Gasteiger partial charge in [0.15, 0.2) is 5.13 Å². The van der Waals surface area contributed by atoms with Crippen LogP contribution in [0, 0.1) is 5.92 Å². The largest absolute Gasteiger partial charge is 0.379 e. The van der Waals surface area contributed by atoms with Crippen LogP contribution in [0.4, 0.5) is 9.93 Å². The summed E-state index contributed by atoms with van der Waals surface area (Å²) in [5, 5.41) is 3.47. The lowest BCUT2D eigenvalue weighted by molar-refractivity contribution is 0.131. The summed E-state index contributed by atoms with van der Waals surface area (Å²) in [7, 11) is 1.64. The van der Waals surface area contributed by atoms with E-state index in [2.05, 4.69) is 38.4 Å². The fourth-order valence-corrected chi connectivity index (χ4v) is 3.81. The van der Waals surface area contributed by atoms with E-state index >= 15 is 0 Å². The minimum absolute atomic E-state index is 0.0771. The van der Waals surface area contributed by atoms with Gasteiger partial charge in [-0.05, 0) is 24.0 Å². The van der Waals surface area contributed by atoms with Crippen LogP contribution < -0.4 is 5.32 Å². The fourth-order valence-electron chi connectivity index (χ4n) is 2.58. The summed E-state index contributed by atoms with van der Waals surface area (Å²) in [5.74, 6) is 0.514. The smallest absolute Gasteiger partial charge is 0.323 e. The molecule has 1 aromatic heterocycles. The second-order valence-electron chi connectivity index (χ2n) is 5.56. The van der Waals surface area contributed by atoms with E-state index in [0.717, 1.165) is 28.9 Å². The van der Waals surface area contributed by atoms with Gasteiger partial charge in [-0.2, -0.15) is 0 Å². The fraction of sp³-hybridized carbons (Fsp3) is 0.375. The molecule has 2 aromatic rings. The number of anilines is 1. The molecule has 0 spiro atoms.